The number of fused-ring (bicyclic) bond motifs is 1. The van der Waals surface area contributed by atoms with Gasteiger partial charge in [0, 0.05) is 13.0 Å². The smallest absolute Gasteiger partial charge is 0.233 e. The van der Waals surface area contributed by atoms with Gasteiger partial charge in [0.1, 0.15) is 18.1 Å². The first-order valence-electron chi connectivity index (χ1n) is 14.8. The maximum absolute atomic E-state index is 13.1. The van der Waals surface area contributed by atoms with Gasteiger partial charge in [-0.3, -0.25) is 14.5 Å². The van der Waals surface area contributed by atoms with Crippen molar-refractivity contribution in [3.05, 3.63) is 106 Å². The predicted molar refractivity (Wildman–Crippen MR) is 166 cm³/mol. The van der Waals surface area contributed by atoms with Gasteiger partial charge in [0.15, 0.2) is 0 Å². The second-order valence-corrected chi connectivity index (χ2v) is 11.6. The first-order chi connectivity index (χ1) is 20.7. The molecular formula is C36H39NO6. The predicted octanol–water partition coefficient (Wildman–Crippen LogP) is 5.31. The van der Waals surface area contributed by atoms with E-state index in [1.807, 2.05) is 86.6 Å². The monoisotopic (exact) mass is 581 g/mol. The van der Waals surface area contributed by atoms with Crippen molar-refractivity contribution in [1.82, 2.24) is 4.90 Å². The van der Waals surface area contributed by atoms with E-state index in [9.17, 15) is 24.9 Å². The van der Waals surface area contributed by atoms with Crippen molar-refractivity contribution in [2.45, 2.75) is 39.2 Å². The quantitative estimate of drug-likeness (QED) is 0.170. The summed E-state index contributed by atoms with van der Waals surface area (Å²) in [7, 11) is 1.48. The lowest BCUT2D eigenvalue weighted by atomic mass is 9.68. The molecule has 1 fully saturated rings. The molecule has 1 saturated heterocycles. The van der Waals surface area contributed by atoms with Crippen LogP contribution >= 0.6 is 0 Å². The molecule has 3 N–H and O–H groups in total. The average molecular weight is 582 g/mol. The van der Waals surface area contributed by atoms with Crippen LogP contribution in [0.1, 0.15) is 41.5 Å². The minimum absolute atomic E-state index is 0.148. The standard InChI is InChI=1S/C36H39NO6/c1-22-16-24(17-23(2)34(22)40)18-26(25-10-6-4-7-11-25)14-15-31(39)32-27(21-43-28-12-8-5-9-13-28)19-29-33(30(32)20-38)36(42)37(3)35(29)41/h4-13,16-18,29-31,33,38-40H,14-15,19-21H2,1-3H3/b26-18-/t29-,30+,31-,33-/m1/s1. The Morgan fingerprint density at radius 1 is 1.00 bits per heavy atom. The molecule has 0 bridgehead atoms. The van der Waals surface area contributed by atoms with Gasteiger partial charge in [0.05, 0.1) is 24.5 Å². The summed E-state index contributed by atoms with van der Waals surface area (Å²) in [5, 5.41) is 32.6. The van der Waals surface area contributed by atoms with Crippen molar-refractivity contribution in [1.29, 1.82) is 0 Å². The van der Waals surface area contributed by atoms with Gasteiger partial charge in [-0.1, -0.05) is 54.6 Å². The maximum atomic E-state index is 13.1. The maximum Gasteiger partial charge on any atom is 0.233 e. The average Bonchev–Trinajstić information content (AvgIpc) is 3.24. The van der Waals surface area contributed by atoms with Gasteiger partial charge in [-0.15, -0.1) is 0 Å². The summed E-state index contributed by atoms with van der Waals surface area (Å²) in [6.07, 6.45) is 2.26. The van der Waals surface area contributed by atoms with Crippen LogP contribution in [-0.4, -0.2) is 58.4 Å². The number of ether oxygens (including phenoxy) is 1. The Bertz CT molecular complexity index is 1520. The Balaban J connectivity index is 1.48. The molecule has 2 amide bonds. The number of allylic oxidation sites excluding steroid dienone is 1. The Morgan fingerprint density at radius 2 is 1.63 bits per heavy atom. The lowest BCUT2D eigenvalue weighted by Crippen LogP contribution is -2.39. The van der Waals surface area contributed by atoms with Gasteiger partial charge in [-0.2, -0.15) is 0 Å². The number of phenols is 1. The van der Waals surface area contributed by atoms with Gasteiger partial charge in [0.25, 0.3) is 0 Å². The normalized spacial score (nSPS) is 21.3. The Morgan fingerprint density at radius 3 is 2.26 bits per heavy atom. The first kappa shape index (κ1) is 30.3. The van der Waals surface area contributed by atoms with Crippen LogP contribution in [-0.2, 0) is 9.59 Å². The number of nitrogens with zero attached hydrogens (tertiary/aromatic N) is 1. The highest BCUT2D eigenvalue weighted by molar-refractivity contribution is 6.05. The highest BCUT2D eigenvalue weighted by Gasteiger charge is 2.53. The van der Waals surface area contributed by atoms with E-state index in [4.69, 9.17) is 4.74 Å². The number of aryl methyl sites for hydroxylation is 2. The van der Waals surface area contributed by atoms with Crippen molar-refractivity contribution in [3.8, 4) is 11.5 Å². The van der Waals surface area contributed by atoms with Gasteiger partial charge in [-0.25, -0.2) is 0 Å². The summed E-state index contributed by atoms with van der Waals surface area (Å²) in [4.78, 5) is 27.3. The van der Waals surface area contributed by atoms with E-state index in [1.165, 1.54) is 7.05 Å². The zero-order valence-electron chi connectivity index (χ0n) is 24.9. The third-order valence-corrected chi connectivity index (χ3v) is 8.80. The number of carbonyl (C=O) groups is 2. The van der Waals surface area contributed by atoms with E-state index in [1.54, 1.807) is 0 Å². The zero-order valence-corrected chi connectivity index (χ0v) is 24.9. The van der Waals surface area contributed by atoms with Crippen LogP contribution in [0.25, 0.3) is 11.6 Å². The molecule has 0 saturated carbocycles. The summed E-state index contributed by atoms with van der Waals surface area (Å²) in [6.45, 7) is 3.53. The molecule has 43 heavy (non-hydrogen) atoms. The minimum Gasteiger partial charge on any atom is -0.507 e. The molecule has 0 aromatic heterocycles. The summed E-state index contributed by atoms with van der Waals surface area (Å²) < 4.78 is 6.07. The molecule has 2 aliphatic rings. The Kier molecular flexibility index (Phi) is 9.14. The number of para-hydroxylation sites is 1. The first-order valence-corrected chi connectivity index (χ1v) is 14.8. The number of hydrogen-bond acceptors (Lipinski definition) is 6. The number of phenolic OH excluding ortho intramolecular Hbond substituents is 1. The summed E-state index contributed by atoms with van der Waals surface area (Å²) in [5.74, 6) is -1.61. The Hall–Kier alpha value is -4.20. The highest BCUT2D eigenvalue weighted by atomic mass is 16.5. The lowest BCUT2D eigenvalue weighted by molar-refractivity contribution is -0.138. The van der Waals surface area contributed by atoms with Gasteiger partial charge in [-0.05, 0) is 96.3 Å². The van der Waals surface area contributed by atoms with Crippen molar-refractivity contribution in [3.63, 3.8) is 0 Å². The molecule has 1 aliphatic carbocycles. The van der Waals surface area contributed by atoms with E-state index in [2.05, 4.69) is 6.08 Å². The van der Waals surface area contributed by atoms with E-state index in [-0.39, 0.29) is 30.8 Å². The van der Waals surface area contributed by atoms with Gasteiger partial charge in [0.2, 0.25) is 11.8 Å². The largest absolute Gasteiger partial charge is 0.507 e. The SMILES string of the molecule is Cc1cc(/C=C(/CC[C@@H](O)C2=C(COc3ccccc3)C[C@H]3C(=O)N(C)C(=O)[C@H]3[C@H]2CO)c2ccccc2)cc(C)c1O. The van der Waals surface area contributed by atoms with Crippen LogP contribution in [0.15, 0.2) is 83.9 Å². The number of carbonyl (C=O) groups excluding carboxylic acids is 2. The highest BCUT2D eigenvalue weighted by Crippen LogP contribution is 2.46. The second-order valence-electron chi connectivity index (χ2n) is 11.6. The molecule has 7 nitrogen and oxygen atoms in total. The van der Waals surface area contributed by atoms with Crippen molar-refractivity contribution in [2.75, 3.05) is 20.3 Å². The van der Waals surface area contributed by atoms with Crippen LogP contribution in [0.4, 0.5) is 0 Å². The number of aliphatic hydroxyl groups is 2. The molecular weight excluding hydrogens is 542 g/mol. The van der Waals surface area contributed by atoms with Gasteiger partial charge < -0.3 is 20.1 Å². The van der Waals surface area contributed by atoms with Crippen LogP contribution < -0.4 is 4.74 Å². The number of hydrogen-bond donors (Lipinski definition) is 3. The number of amides is 2. The molecule has 3 aromatic carbocycles. The van der Waals surface area contributed by atoms with E-state index >= 15 is 0 Å². The molecule has 0 radical (unpaired) electrons. The van der Waals surface area contributed by atoms with E-state index < -0.39 is 23.9 Å². The summed E-state index contributed by atoms with van der Waals surface area (Å²) in [6, 6.07) is 23.1. The molecule has 1 heterocycles. The fourth-order valence-corrected chi connectivity index (χ4v) is 6.61. The minimum atomic E-state index is -0.961. The zero-order chi connectivity index (χ0) is 30.7. The van der Waals surface area contributed by atoms with Crippen LogP contribution in [0.5, 0.6) is 11.5 Å². The van der Waals surface area contributed by atoms with Crippen molar-refractivity contribution < 1.29 is 29.6 Å². The molecule has 7 heteroatoms. The van der Waals surface area contributed by atoms with E-state index in [0.717, 1.165) is 38.3 Å². The molecule has 0 unspecified atom stereocenters. The third-order valence-electron chi connectivity index (χ3n) is 8.80. The Labute approximate surface area is 252 Å². The second kappa shape index (κ2) is 13.0. The number of aliphatic hydroxyl groups excluding tert-OH is 2. The van der Waals surface area contributed by atoms with E-state index in [0.29, 0.717) is 30.6 Å². The molecule has 1 aliphatic heterocycles. The number of aromatic hydroxyl groups is 1. The van der Waals surface area contributed by atoms with Crippen LogP contribution in [0.3, 0.4) is 0 Å². The number of rotatable bonds is 10. The molecule has 3 aromatic rings. The summed E-state index contributed by atoms with van der Waals surface area (Å²) >= 11 is 0. The van der Waals surface area contributed by atoms with Gasteiger partial charge >= 0.3 is 0 Å². The van der Waals surface area contributed by atoms with Crippen molar-refractivity contribution in [2.24, 2.45) is 17.8 Å². The topological polar surface area (TPSA) is 107 Å². The number of benzene rings is 3. The molecule has 5 rings (SSSR count). The molecule has 0 spiro atoms. The molecule has 4 atom stereocenters. The summed E-state index contributed by atoms with van der Waals surface area (Å²) in [5.41, 5.74) is 5.89. The van der Waals surface area contributed by atoms with Crippen LogP contribution in [0, 0.1) is 31.6 Å². The molecule has 224 valence electrons. The fraction of sp³-hybridized carbons (Fsp3) is 0.333. The number of imide groups is 1. The van der Waals surface area contributed by atoms with Crippen LogP contribution in [0.2, 0.25) is 0 Å². The van der Waals surface area contributed by atoms with Crippen molar-refractivity contribution >= 4 is 23.5 Å². The third kappa shape index (κ3) is 6.28. The number of likely N-dealkylation sites (tertiary alicyclic amines) is 1. The fourth-order valence-electron chi connectivity index (χ4n) is 6.61. The lowest BCUT2D eigenvalue weighted by Gasteiger charge is -2.36.